The first-order chi connectivity index (χ1) is 12.5. The summed E-state index contributed by atoms with van der Waals surface area (Å²) in [4.78, 5) is 42.1. The average molecular weight is 353 g/mol. The zero-order valence-electron chi connectivity index (χ0n) is 13.7. The van der Waals surface area contributed by atoms with Gasteiger partial charge < -0.3 is 15.2 Å². The van der Waals surface area contributed by atoms with E-state index in [9.17, 15) is 14.4 Å². The van der Waals surface area contributed by atoms with Crippen molar-refractivity contribution in [3.63, 3.8) is 0 Å². The predicted octanol–water partition coefficient (Wildman–Crippen LogP) is -0.871. The highest BCUT2D eigenvalue weighted by atomic mass is 16.2. The first-order valence-corrected chi connectivity index (χ1v) is 7.99. The van der Waals surface area contributed by atoms with Crippen molar-refractivity contribution in [1.82, 2.24) is 29.4 Å². The Morgan fingerprint density at radius 2 is 2.00 bits per heavy atom. The third-order valence-electron chi connectivity index (χ3n) is 4.38. The summed E-state index contributed by atoms with van der Waals surface area (Å²) in [5.74, 6) is -0.247. The molecule has 3 heterocycles. The van der Waals surface area contributed by atoms with Gasteiger partial charge in [0.05, 0.1) is 18.1 Å². The number of carbonyl (C=O) groups is 2. The van der Waals surface area contributed by atoms with E-state index in [2.05, 4.69) is 15.3 Å². The third kappa shape index (κ3) is 2.61. The molecule has 2 N–H and O–H groups in total. The van der Waals surface area contributed by atoms with Crippen LogP contribution in [0.15, 0.2) is 35.3 Å². The lowest BCUT2D eigenvalue weighted by atomic mass is 10.2. The number of hydrogen-bond donors (Lipinski definition) is 1. The summed E-state index contributed by atoms with van der Waals surface area (Å²) in [5, 5.41) is 8.22. The number of benzene rings is 1. The molecule has 10 nitrogen and oxygen atoms in total. The lowest BCUT2D eigenvalue weighted by Gasteiger charge is -2.28. The number of aromatic nitrogens is 5. The van der Waals surface area contributed by atoms with Crippen molar-refractivity contribution >= 4 is 22.7 Å². The van der Waals surface area contributed by atoms with E-state index in [0.29, 0.717) is 35.5 Å². The zero-order chi connectivity index (χ0) is 18.3. The van der Waals surface area contributed by atoms with Gasteiger partial charge in [0, 0.05) is 13.1 Å². The zero-order valence-corrected chi connectivity index (χ0v) is 13.7. The molecule has 0 atom stereocenters. The number of fused-ring (bicyclic) bond motifs is 2. The highest BCUT2D eigenvalue weighted by Crippen LogP contribution is 2.14. The minimum atomic E-state index is -0.554. The summed E-state index contributed by atoms with van der Waals surface area (Å²) in [6.45, 7) is 0.831. The van der Waals surface area contributed by atoms with E-state index < -0.39 is 5.91 Å². The maximum Gasteiger partial charge on any atom is 0.278 e. The Bertz CT molecular complexity index is 1080. The van der Waals surface area contributed by atoms with Crippen molar-refractivity contribution in [3.8, 4) is 0 Å². The molecule has 0 unspecified atom stereocenters. The predicted molar refractivity (Wildman–Crippen MR) is 90.0 cm³/mol. The first-order valence-electron chi connectivity index (χ1n) is 7.99. The molecule has 0 spiro atoms. The molecule has 132 valence electrons. The summed E-state index contributed by atoms with van der Waals surface area (Å²) in [6, 6.07) is 6.84. The topological polar surface area (TPSA) is 129 Å². The number of imidazole rings is 1. The SMILES string of the molecule is NC(=O)c1cnc2n1CCN(C(=O)Cn1nnc3ccccc3c1=O)C2. The fourth-order valence-corrected chi connectivity index (χ4v) is 3.02. The second-order valence-electron chi connectivity index (χ2n) is 5.96. The van der Waals surface area contributed by atoms with Gasteiger partial charge in [-0.05, 0) is 12.1 Å². The molecule has 2 amide bonds. The van der Waals surface area contributed by atoms with Crippen LogP contribution in [-0.4, -0.2) is 47.8 Å². The number of nitrogens with zero attached hydrogens (tertiary/aromatic N) is 6. The quantitative estimate of drug-likeness (QED) is 0.651. The van der Waals surface area contributed by atoms with Gasteiger partial charge in [0.1, 0.15) is 23.6 Å². The van der Waals surface area contributed by atoms with Gasteiger partial charge in [-0.1, -0.05) is 17.3 Å². The van der Waals surface area contributed by atoms with Crippen LogP contribution in [0.25, 0.3) is 10.9 Å². The van der Waals surface area contributed by atoms with Crippen LogP contribution in [0.2, 0.25) is 0 Å². The monoisotopic (exact) mass is 353 g/mol. The van der Waals surface area contributed by atoms with Crippen LogP contribution in [0.4, 0.5) is 0 Å². The van der Waals surface area contributed by atoms with E-state index in [-0.39, 0.29) is 24.6 Å². The van der Waals surface area contributed by atoms with E-state index in [1.807, 2.05) is 0 Å². The summed E-state index contributed by atoms with van der Waals surface area (Å²) in [7, 11) is 0. The molecule has 3 aromatic rings. The number of carbonyl (C=O) groups excluding carboxylic acids is 2. The number of hydrogen-bond acceptors (Lipinski definition) is 6. The van der Waals surface area contributed by atoms with Crippen LogP contribution in [0, 0.1) is 0 Å². The number of nitrogens with two attached hydrogens (primary N) is 1. The van der Waals surface area contributed by atoms with Gasteiger partial charge in [0.15, 0.2) is 0 Å². The van der Waals surface area contributed by atoms with E-state index in [4.69, 9.17) is 5.73 Å². The molecule has 0 aliphatic carbocycles. The van der Waals surface area contributed by atoms with Crippen LogP contribution < -0.4 is 11.3 Å². The summed E-state index contributed by atoms with van der Waals surface area (Å²) >= 11 is 0. The Hall–Kier alpha value is -3.56. The Labute approximate surface area is 146 Å². The van der Waals surface area contributed by atoms with Crippen molar-refractivity contribution in [2.45, 2.75) is 19.6 Å². The van der Waals surface area contributed by atoms with Gasteiger partial charge in [0.2, 0.25) is 5.91 Å². The maximum absolute atomic E-state index is 12.6. The molecule has 0 saturated heterocycles. The van der Waals surface area contributed by atoms with E-state index in [0.717, 1.165) is 4.68 Å². The average Bonchev–Trinajstić information content (AvgIpc) is 3.07. The molecular formula is C16H15N7O3. The third-order valence-corrected chi connectivity index (χ3v) is 4.38. The summed E-state index contributed by atoms with van der Waals surface area (Å²) in [5.41, 5.74) is 5.75. The van der Waals surface area contributed by atoms with Gasteiger partial charge in [-0.3, -0.25) is 14.4 Å². The normalized spacial score (nSPS) is 13.6. The maximum atomic E-state index is 12.6. The highest BCUT2D eigenvalue weighted by molar-refractivity contribution is 5.91. The molecule has 0 radical (unpaired) electrons. The van der Waals surface area contributed by atoms with Crippen LogP contribution in [0.5, 0.6) is 0 Å². The molecule has 1 aliphatic rings. The minimum Gasteiger partial charge on any atom is -0.364 e. The lowest BCUT2D eigenvalue weighted by Crippen LogP contribution is -2.42. The molecule has 4 rings (SSSR count). The molecule has 1 aromatic carbocycles. The van der Waals surface area contributed by atoms with Crippen LogP contribution >= 0.6 is 0 Å². The van der Waals surface area contributed by atoms with Gasteiger partial charge in [-0.2, -0.15) is 0 Å². The second kappa shape index (κ2) is 6.06. The smallest absolute Gasteiger partial charge is 0.278 e. The van der Waals surface area contributed by atoms with Crippen molar-refractivity contribution in [2.24, 2.45) is 5.73 Å². The molecule has 1 aliphatic heterocycles. The van der Waals surface area contributed by atoms with Crippen molar-refractivity contribution in [3.05, 3.63) is 52.3 Å². The minimum absolute atomic E-state index is 0.208. The molecule has 0 saturated carbocycles. The fraction of sp³-hybridized carbons (Fsp3) is 0.250. The largest absolute Gasteiger partial charge is 0.364 e. The van der Waals surface area contributed by atoms with Crippen molar-refractivity contribution < 1.29 is 9.59 Å². The van der Waals surface area contributed by atoms with Gasteiger partial charge >= 0.3 is 0 Å². The van der Waals surface area contributed by atoms with Gasteiger partial charge in [-0.25, -0.2) is 9.67 Å². The number of amides is 2. The Morgan fingerprint density at radius 1 is 1.19 bits per heavy atom. The highest BCUT2D eigenvalue weighted by Gasteiger charge is 2.25. The Balaban J connectivity index is 1.55. The van der Waals surface area contributed by atoms with E-state index >= 15 is 0 Å². The van der Waals surface area contributed by atoms with Crippen LogP contribution in [-0.2, 0) is 24.4 Å². The van der Waals surface area contributed by atoms with Crippen LogP contribution in [0.1, 0.15) is 16.3 Å². The first kappa shape index (κ1) is 15.9. The summed E-state index contributed by atoms with van der Waals surface area (Å²) < 4.78 is 2.76. The van der Waals surface area contributed by atoms with Gasteiger partial charge in [0.25, 0.3) is 11.5 Å². The molecule has 26 heavy (non-hydrogen) atoms. The molecule has 10 heteroatoms. The standard InChI is InChI=1S/C16H15N7O3/c17-15(25)12-7-18-13-8-21(5-6-22(12)13)14(24)9-23-16(26)10-3-1-2-4-11(10)19-20-23/h1-4,7H,5-6,8-9H2,(H2,17,25). The van der Waals surface area contributed by atoms with E-state index in [1.165, 1.54) is 6.20 Å². The number of rotatable bonds is 3. The Morgan fingerprint density at radius 3 is 2.81 bits per heavy atom. The summed E-state index contributed by atoms with van der Waals surface area (Å²) in [6.07, 6.45) is 1.41. The van der Waals surface area contributed by atoms with Crippen molar-refractivity contribution in [1.29, 1.82) is 0 Å². The molecule has 2 aromatic heterocycles. The second-order valence-corrected chi connectivity index (χ2v) is 5.96. The van der Waals surface area contributed by atoms with Crippen molar-refractivity contribution in [2.75, 3.05) is 6.54 Å². The van der Waals surface area contributed by atoms with Gasteiger partial charge in [-0.15, -0.1) is 5.10 Å². The lowest BCUT2D eigenvalue weighted by molar-refractivity contribution is -0.133. The molecule has 0 bridgehead atoms. The van der Waals surface area contributed by atoms with Crippen LogP contribution in [0.3, 0.4) is 0 Å². The fourth-order valence-electron chi connectivity index (χ4n) is 3.02. The molecule has 0 fully saturated rings. The van der Waals surface area contributed by atoms with E-state index in [1.54, 1.807) is 33.7 Å². The number of primary amides is 1. The molecular weight excluding hydrogens is 338 g/mol. The Kier molecular flexibility index (Phi) is 3.72.